The average Bonchev–Trinajstić information content (AvgIpc) is 3.05. The number of aromatic nitrogens is 2. The van der Waals surface area contributed by atoms with Gasteiger partial charge in [0.2, 0.25) is 0 Å². The Labute approximate surface area is 181 Å². The number of amides is 1. The first-order valence-electron chi connectivity index (χ1n) is 9.62. The van der Waals surface area contributed by atoms with E-state index in [2.05, 4.69) is 44.1 Å². The molecule has 0 bridgehead atoms. The number of rotatable bonds is 2. The summed E-state index contributed by atoms with van der Waals surface area (Å²) in [4.78, 5) is 15.3. The molecule has 1 aliphatic carbocycles. The Morgan fingerprint density at radius 2 is 2.00 bits per heavy atom. The molecule has 1 atom stereocenters. The number of halogens is 2. The van der Waals surface area contributed by atoms with Gasteiger partial charge in [0.25, 0.3) is 5.91 Å². The Morgan fingerprint density at radius 1 is 1.24 bits per heavy atom. The number of hydrogen-bond donors (Lipinski definition) is 0. The molecule has 150 valence electrons. The van der Waals surface area contributed by atoms with E-state index in [1.54, 1.807) is 16.9 Å². The summed E-state index contributed by atoms with van der Waals surface area (Å²) in [5.41, 5.74) is 3.72. The fraction of sp³-hybridized carbons (Fsp3) is 0.304. The third kappa shape index (κ3) is 3.34. The van der Waals surface area contributed by atoms with Crippen molar-refractivity contribution in [3.63, 3.8) is 0 Å². The number of allylic oxidation sites excluding steroid dienone is 5. The van der Waals surface area contributed by atoms with Crippen LogP contribution in [0.3, 0.4) is 0 Å². The summed E-state index contributed by atoms with van der Waals surface area (Å²) in [7, 11) is 1.86. The van der Waals surface area contributed by atoms with Gasteiger partial charge in [-0.3, -0.25) is 14.4 Å². The highest BCUT2D eigenvalue weighted by Gasteiger charge is 2.44. The lowest BCUT2D eigenvalue weighted by Gasteiger charge is -2.34. The minimum absolute atomic E-state index is 0.0172. The number of nitrogens with zero attached hydrogens (tertiary/aromatic N) is 3. The van der Waals surface area contributed by atoms with Gasteiger partial charge in [-0.15, -0.1) is 0 Å². The van der Waals surface area contributed by atoms with Crippen LogP contribution in [0.5, 0.6) is 0 Å². The maximum atomic E-state index is 13.4. The highest BCUT2D eigenvalue weighted by atomic mass is 35.5. The van der Waals surface area contributed by atoms with E-state index in [4.69, 9.17) is 23.2 Å². The number of fused-ring (bicyclic) bond motifs is 1. The maximum Gasteiger partial charge on any atom is 0.259 e. The molecule has 2 aromatic rings. The zero-order valence-corrected chi connectivity index (χ0v) is 18.4. The van der Waals surface area contributed by atoms with Crippen LogP contribution in [0, 0.1) is 5.92 Å². The van der Waals surface area contributed by atoms with Gasteiger partial charge in [0, 0.05) is 28.9 Å². The molecule has 1 aromatic carbocycles. The lowest BCUT2D eigenvalue weighted by Crippen LogP contribution is -2.38. The van der Waals surface area contributed by atoms with Gasteiger partial charge in [-0.25, -0.2) is 0 Å². The summed E-state index contributed by atoms with van der Waals surface area (Å²) in [5.74, 6) is 0.272. The fourth-order valence-corrected chi connectivity index (χ4v) is 4.64. The smallest absolute Gasteiger partial charge is 0.259 e. The number of carbonyl (C=O) groups excluding carboxylic acids is 1. The van der Waals surface area contributed by atoms with Crippen LogP contribution in [-0.4, -0.2) is 20.6 Å². The first-order valence-corrected chi connectivity index (χ1v) is 10.4. The second-order valence-corrected chi connectivity index (χ2v) is 9.00. The first kappa shape index (κ1) is 20.0. The summed E-state index contributed by atoms with van der Waals surface area (Å²) in [6.45, 7) is 6.26. The second kappa shape index (κ2) is 7.19. The van der Waals surface area contributed by atoms with Crippen molar-refractivity contribution in [2.24, 2.45) is 13.0 Å². The Morgan fingerprint density at radius 3 is 2.69 bits per heavy atom. The Hall–Kier alpha value is -2.30. The van der Waals surface area contributed by atoms with Crippen LogP contribution >= 0.6 is 23.2 Å². The van der Waals surface area contributed by atoms with Gasteiger partial charge in [-0.05, 0) is 56.0 Å². The number of benzene rings is 1. The lowest BCUT2D eigenvalue weighted by atomic mass is 9.92. The molecule has 0 spiro atoms. The molecule has 6 heteroatoms. The topological polar surface area (TPSA) is 38.1 Å². The molecule has 1 aliphatic heterocycles. The number of carbonyl (C=O) groups is 1. The maximum absolute atomic E-state index is 13.4. The van der Waals surface area contributed by atoms with E-state index < -0.39 is 5.54 Å². The monoisotopic (exact) mass is 427 g/mol. The van der Waals surface area contributed by atoms with E-state index in [9.17, 15) is 4.79 Å². The van der Waals surface area contributed by atoms with Crippen molar-refractivity contribution in [1.29, 1.82) is 0 Å². The quantitative estimate of drug-likeness (QED) is 0.590. The zero-order valence-electron chi connectivity index (χ0n) is 16.9. The molecule has 4 nitrogen and oxygen atoms in total. The van der Waals surface area contributed by atoms with E-state index in [1.165, 1.54) is 0 Å². The van der Waals surface area contributed by atoms with E-state index >= 15 is 0 Å². The summed E-state index contributed by atoms with van der Waals surface area (Å²) in [6, 6.07) is 5.48. The molecule has 29 heavy (non-hydrogen) atoms. The largest absolute Gasteiger partial charge is 0.299 e. The van der Waals surface area contributed by atoms with Crippen molar-refractivity contribution < 1.29 is 4.79 Å². The SMILES string of the molecule is CC1C=C(N2C(=O)c3ccc(Cl)cc3C2(C)C)C=C(c2c(Cl)cnn2C)C=CC1. The number of aryl methyl sites for hydroxylation is 1. The average molecular weight is 428 g/mol. The van der Waals surface area contributed by atoms with E-state index in [-0.39, 0.29) is 11.8 Å². The highest BCUT2D eigenvalue weighted by Crippen LogP contribution is 2.43. The van der Waals surface area contributed by atoms with Crippen molar-refractivity contribution in [3.05, 3.63) is 81.3 Å². The molecular formula is C23H23Cl2N3O. The molecule has 0 saturated heterocycles. The third-order valence-electron chi connectivity index (χ3n) is 5.62. The first-order chi connectivity index (χ1) is 13.7. The number of hydrogen-bond acceptors (Lipinski definition) is 2. The lowest BCUT2D eigenvalue weighted by molar-refractivity contribution is 0.0717. The van der Waals surface area contributed by atoms with Gasteiger partial charge in [-0.2, -0.15) is 5.10 Å². The zero-order chi connectivity index (χ0) is 20.9. The van der Waals surface area contributed by atoms with Crippen LogP contribution in [0.2, 0.25) is 10.0 Å². The molecule has 0 saturated carbocycles. The molecular weight excluding hydrogens is 405 g/mol. The molecule has 1 aromatic heterocycles. The Bertz CT molecular complexity index is 1070. The van der Waals surface area contributed by atoms with E-state index in [0.717, 1.165) is 28.9 Å². The van der Waals surface area contributed by atoms with E-state index in [1.807, 2.05) is 30.2 Å². The van der Waals surface area contributed by atoms with Crippen LogP contribution in [-0.2, 0) is 12.6 Å². The molecule has 2 aliphatic rings. The van der Waals surface area contributed by atoms with Crippen LogP contribution in [0.25, 0.3) is 5.57 Å². The molecule has 2 heterocycles. The summed E-state index contributed by atoms with van der Waals surface area (Å²) in [6.07, 6.45) is 10.9. The molecule has 1 amide bonds. The standard InChI is InChI=1S/C23H23Cl2N3O/c1-14-6-5-7-15(21-20(25)13-26-27(21)4)11-17(10-14)28-22(29)18-9-8-16(24)12-19(18)23(28,2)3/h5,7-14H,6H2,1-4H3. The fourth-order valence-electron chi connectivity index (χ4n) is 4.19. The molecule has 0 N–H and O–H groups in total. The predicted octanol–water partition coefficient (Wildman–Crippen LogP) is 5.98. The molecule has 0 radical (unpaired) electrons. The highest BCUT2D eigenvalue weighted by molar-refractivity contribution is 6.32. The molecule has 4 rings (SSSR count). The van der Waals surface area contributed by atoms with Gasteiger partial charge < -0.3 is 0 Å². The van der Waals surface area contributed by atoms with Crippen LogP contribution < -0.4 is 0 Å². The summed E-state index contributed by atoms with van der Waals surface area (Å²) >= 11 is 12.6. The van der Waals surface area contributed by atoms with Gasteiger partial charge in [-0.1, -0.05) is 48.4 Å². The third-order valence-corrected chi connectivity index (χ3v) is 6.13. The molecule has 1 unspecified atom stereocenters. The minimum atomic E-state index is -0.524. The van der Waals surface area contributed by atoms with Crippen molar-refractivity contribution in [2.45, 2.75) is 32.7 Å². The van der Waals surface area contributed by atoms with Crippen molar-refractivity contribution in [1.82, 2.24) is 14.7 Å². The normalized spacial score (nSPS) is 20.8. The van der Waals surface area contributed by atoms with Crippen LogP contribution in [0.15, 0.2) is 54.4 Å². The van der Waals surface area contributed by atoms with Gasteiger partial charge in [0.15, 0.2) is 0 Å². The summed E-state index contributed by atoms with van der Waals surface area (Å²) < 4.78 is 1.76. The van der Waals surface area contributed by atoms with Gasteiger partial charge in [0.05, 0.1) is 22.5 Å². The van der Waals surface area contributed by atoms with Crippen molar-refractivity contribution in [3.8, 4) is 0 Å². The second-order valence-electron chi connectivity index (χ2n) is 8.16. The van der Waals surface area contributed by atoms with Gasteiger partial charge >= 0.3 is 0 Å². The Balaban J connectivity index is 1.88. The van der Waals surface area contributed by atoms with Crippen LogP contribution in [0.4, 0.5) is 0 Å². The van der Waals surface area contributed by atoms with Crippen LogP contribution in [0.1, 0.15) is 48.8 Å². The van der Waals surface area contributed by atoms with E-state index in [0.29, 0.717) is 15.6 Å². The predicted molar refractivity (Wildman–Crippen MR) is 118 cm³/mol. The van der Waals surface area contributed by atoms with Gasteiger partial charge in [0.1, 0.15) is 0 Å². The summed E-state index contributed by atoms with van der Waals surface area (Å²) in [5, 5.41) is 5.48. The Kier molecular flexibility index (Phi) is 4.96. The van der Waals surface area contributed by atoms with Crippen molar-refractivity contribution in [2.75, 3.05) is 0 Å². The molecule has 0 fully saturated rings. The minimum Gasteiger partial charge on any atom is -0.299 e. The van der Waals surface area contributed by atoms with Crippen molar-refractivity contribution >= 4 is 34.7 Å².